The van der Waals surface area contributed by atoms with Gasteiger partial charge in [-0.3, -0.25) is 10.6 Å². The molecule has 31 heavy (non-hydrogen) atoms. The topological polar surface area (TPSA) is 92.1 Å². The Bertz CT molecular complexity index is 1080. The molecule has 2 heterocycles. The summed E-state index contributed by atoms with van der Waals surface area (Å²) in [6.07, 6.45) is 8.72. The third-order valence-electron chi connectivity index (χ3n) is 5.96. The Balaban J connectivity index is 1.51. The van der Waals surface area contributed by atoms with Crippen LogP contribution in [0.15, 0.2) is 30.5 Å². The number of aromatic nitrogens is 3. The molecular formula is C22H26ClFN6O. The number of imidazole rings is 1. The number of aromatic amines is 1. The van der Waals surface area contributed by atoms with E-state index in [4.69, 9.17) is 17.0 Å². The number of amidine groups is 1. The lowest BCUT2D eigenvalue weighted by Crippen LogP contribution is -2.34. The summed E-state index contributed by atoms with van der Waals surface area (Å²) in [4.78, 5) is 14.5. The van der Waals surface area contributed by atoms with Crippen LogP contribution < -0.4 is 5.06 Å². The lowest BCUT2D eigenvalue weighted by Gasteiger charge is -2.30. The summed E-state index contributed by atoms with van der Waals surface area (Å²) in [7, 11) is 2.16. The van der Waals surface area contributed by atoms with E-state index in [2.05, 4.69) is 26.9 Å². The molecule has 0 spiro atoms. The highest BCUT2D eigenvalue weighted by Crippen LogP contribution is 2.25. The predicted molar refractivity (Wildman–Crippen MR) is 120 cm³/mol. The quantitative estimate of drug-likeness (QED) is 0.289. The summed E-state index contributed by atoms with van der Waals surface area (Å²) in [5.41, 5.74) is 1.70. The molecule has 164 valence electrons. The van der Waals surface area contributed by atoms with Gasteiger partial charge in [-0.2, -0.15) is 0 Å². The summed E-state index contributed by atoms with van der Waals surface area (Å²) in [5.74, 6) is 0.0115. The zero-order valence-corrected chi connectivity index (χ0v) is 18.2. The number of nitrogens with zero attached hydrogens (tertiary/aromatic N) is 4. The van der Waals surface area contributed by atoms with E-state index in [1.807, 2.05) is 0 Å². The van der Waals surface area contributed by atoms with Crippen LogP contribution in [0.3, 0.4) is 0 Å². The van der Waals surface area contributed by atoms with Crippen molar-refractivity contribution in [2.45, 2.75) is 44.6 Å². The maximum absolute atomic E-state index is 13.4. The molecule has 0 saturated heterocycles. The average molecular weight is 445 g/mol. The van der Waals surface area contributed by atoms with Gasteiger partial charge in [-0.25, -0.2) is 19.4 Å². The number of benzene rings is 1. The zero-order chi connectivity index (χ0) is 22.0. The number of rotatable bonds is 6. The van der Waals surface area contributed by atoms with Crippen molar-refractivity contribution in [1.82, 2.24) is 19.9 Å². The summed E-state index contributed by atoms with van der Waals surface area (Å²) >= 11 is 5.81. The van der Waals surface area contributed by atoms with Crippen molar-refractivity contribution >= 4 is 34.3 Å². The Morgan fingerprint density at radius 2 is 2.06 bits per heavy atom. The van der Waals surface area contributed by atoms with Gasteiger partial charge in [-0.15, -0.1) is 0 Å². The third-order valence-corrected chi connectivity index (χ3v) is 6.24. The first kappa shape index (κ1) is 21.7. The monoisotopic (exact) mass is 444 g/mol. The van der Waals surface area contributed by atoms with E-state index in [-0.39, 0.29) is 16.5 Å². The summed E-state index contributed by atoms with van der Waals surface area (Å²) in [5, 5.41) is 19.5. The van der Waals surface area contributed by atoms with Crippen molar-refractivity contribution in [3.8, 4) is 0 Å². The fraction of sp³-hybridized carbons (Fsp3) is 0.409. The Labute approximate surface area is 185 Å². The summed E-state index contributed by atoms with van der Waals surface area (Å²) < 4.78 is 13.4. The SMILES string of the molecule is CN(CCc1nc2nccc(C(=N)N(O)c3ccc(F)c(Cl)c3)c2[nH]1)C1CCCCC1. The maximum atomic E-state index is 13.4. The third kappa shape index (κ3) is 4.71. The van der Waals surface area contributed by atoms with Crippen LogP contribution in [0.4, 0.5) is 10.1 Å². The number of hydrogen-bond donors (Lipinski definition) is 3. The zero-order valence-electron chi connectivity index (χ0n) is 17.4. The van der Waals surface area contributed by atoms with Gasteiger partial charge >= 0.3 is 0 Å². The van der Waals surface area contributed by atoms with E-state index in [9.17, 15) is 9.60 Å². The minimum absolute atomic E-state index is 0.130. The number of H-pyrrole nitrogens is 1. The van der Waals surface area contributed by atoms with E-state index in [0.717, 1.165) is 24.9 Å². The molecule has 3 aromatic rings. The summed E-state index contributed by atoms with van der Waals surface area (Å²) in [6.45, 7) is 0.886. The van der Waals surface area contributed by atoms with Crippen molar-refractivity contribution < 1.29 is 9.60 Å². The standard InChI is InChI=1S/C22H26ClFN6O/c1-29(14-5-3-2-4-6-14)12-10-19-27-20-16(9-11-26-22(20)28-19)21(25)30(31)15-7-8-18(24)17(23)13-15/h7-9,11,13-14,25,31H,2-6,10,12H2,1H3,(H,26,27,28). The molecule has 0 atom stereocenters. The van der Waals surface area contributed by atoms with Crippen molar-refractivity contribution in [1.29, 1.82) is 5.41 Å². The number of anilines is 1. The Hall–Kier alpha value is -2.55. The highest BCUT2D eigenvalue weighted by Gasteiger charge is 2.20. The Morgan fingerprint density at radius 3 is 2.81 bits per heavy atom. The van der Waals surface area contributed by atoms with Crippen LogP contribution in [0.25, 0.3) is 11.2 Å². The molecule has 4 rings (SSSR count). The van der Waals surface area contributed by atoms with E-state index in [0.29, 0.717) is 27.8 Å². The van der Waals surface area contributed by atoms with Gasteiger partial charge in [0.1, 0.15) is 11.6 Å². The van der Waals surface area contributed by atoms with E-state index < -0.39 is 5.82 Å². The van der Waals surface area contributed by atoms with Crippen LogP contribution in [-0.2, 0) is 6.42 Å². The van der Waals surface area contributed by atoms with Gasteiger partial charge in [-0.05, 0) is 44.2 Å². The highest BCUT2D eigenvalue weighted by molar-refractivity contribution is 6.31. The molecule has 7 nitrogen and oxygen atoms in total. The van der Waals surface area contributed by atoms with Gasteiger partial charge in [0.25, 0.3) is 0 Å². The Morgan fingerprint density at radius 1 is 1.29 bits per heavy atom. The number of likely N-dealkylation sites (N-methyl/N-ethyl adjacent to an activating group) is 1. The molecule has 9 heteroatoms. The first-order chi connectivity index (χ1) is 14.9. The molecule has 0 radical (unpaired) electrons. The van der Waals surface area contributed by atoms with Gasteiger partial charge in [0.05, 0.1) is 16.2 Å². The van der Waals surface area contributed by atoms with Crippen LogP contribution in [0, 0.1) is 11.2 Å². The van der Waals surface area contributed by atoms with Crippen LogP contribution >= 0.6 is 11.6 Å². The van der Waals surface area contributed by atoms with E-state index >= 15 is 0 Å². The largest absolute Gasteiger partial charge is 0.340 e. The minimum atomic E-state index is -0.590. The second-order valence-corrected chi connectivity index (χ2v) is 8.43. The fourth-order valence-corrected chi connectivity index (χ4v) is 4.30. The highest BCUT2D eigenvalue weighted by atomic mass is 35.5. The molecule has 0 amide bonds. The van der Waals surface area contributed by atoms with Gasteiger partial charge in [0, 0.05) is 30.8 Å². The van der Waals surface area contributed by atoms with Gasteiger partial charge < -0.3 is 9.88 Å². The number of hydroxylamine groups is 1. The van der Waals surface area contributed by atoms with Gasteiger partial charge in [0.2, 0.25) is 0 Å². The minimum Gasteiger partial charge on any atom is -0.340 e. The number of nitrogens with one attached hydrogen (secondary N) is 2. The smallest absolute Gasteiger partial charge is 0.178 e. The number of hydrogen-bond acceptors (Lipinski definition) is 5. The van der Waals surface area contributed by atoms with Crippen molar-refractivity contribution in [3.05, 3.63) is 52.7 Å². The van der Waals surface area contributed by atoms with Gasteiger partial charge in [0.15, 0.2) is 11.5 Å². The molecule has 0 unspecified atom stereocenters. The molecule has 1 aromatic carbocycles. The number of pyridine rings is 1. The predicted octanol–water partition coefficient (Wildman–Crippen LogP) is 4.78. The molecule has 1 saturated carbocycles. The molecule has 0 aliphatic heterocycles. The fourth-order valence-electron chi connectivity index (χ4n) is 4.12. The van der Waals surface area contributed by atoms with Crippen LogP contribution in [0.2, 0.25) is 5.02 Å². The molecule has 1 aliphatic rings. The maximum Gasteiger partial charge on any atom is 0.178 e. The van der Waals surface area contributed by atoms with Crippen molar-refractivity contribution in [2.24, 2.45) is 0 Å². The molecule has 0 bridgehead atoms. The van der Waals surface area contributed by atoms with Crippen molar-refractivity contribution in [2.75, 3.05) is 18.7 Å². The number of halogens is 2. The van der Waals surface area contributed by atoms with E-state index in [1.165, 1.54) is 44.2 Å². The normalized spacial score (nSPS) is 15.0. The first-order valence-corrected chi connectivity index (χ1v) is 10.9. The average Bonchev–Trinajstić information content (AvgIpc) is 3.22. The number of fused-ring (bicyclic) bond motifs is 1. The molecular weight excluding hydrogens is 419 g/mol. The second kappa shape index (κ2) is 9.30. The van der Waals surface area contributed by atoms with Crippen LogP contribution in [0.5, 0.6) is 0 Å². The van der Waals surface area contributed by atoms with Crippen molar-refractivity contribution in [3.63, 3.8) is 0 Å². The lowest BCUT2D eigenvalue weighted by atomic mass is 9.94. The lowest BCUT2D eigenvalue weighted by molar-refractivity contribution is 0.193. The molecule has 3 N–H and O–H groups in total. The molecule has 1 fully saturated rings. The molecule has 1 aliphatic carbocycles. The Kier molecular flexibility index (Phi) is 6.50. The van der Waals surface area contributed by atoms with E-state index in [1.54, 1.807) is 12.3 Å². The van der Waals surface area contributed by atoms with Crippen LogP contribution in [0.1, 0.15) is 43.5 Å². The summed E-state index contributed by atoms with van der Waals surface area (Å²) in [6, 6.07) is 6.03. The molecule has 2 aromatic heterocycles. The van der Waals surface area contributed by atoms with Crippen LogP contribution in [-0.4, -0.2) is 50.5 Å². The first-order valence-electron chi connectivity index (χ1n) is 10.5. The second-order valence-electron chi connectivity index (χ2n) is 8.02. The van der Waals surface area contributed by atoms with Gasteiger partial charge in [-0.1, -0.05) is 30.9 Å².